The highest BCUT2D eigenvalue weighted by molar-refractivity contribution is 9.11. The van der Waals surface area contributed by atoms with Crippen molar-refractivity contribution in [2.24, 2.45) is 7.05 Å². The van der Waals surface area contributed by atoms with Gasteiger partial charge in [0.05, 0.1) is 10.2 Å². The Labute approximate surface area is 98.5 Å². The van der Waals surface area contributed by atoms with Gasteiger partial charge in [0, 0.05) is 22.6 Å². The van der Waals surface area contributed by atoms with E-state index in [9.17, 15) is 0 Å². The highest BCUT2D eigenvalue weighted by Gasteiger charge is 2.12. The van der Waals surface area contributed by atoms with Crippen LogP contribution in [-0.2, 0) is 7.05 Å². The Kier molecular flexibility index (Phi) is 2.31. The summed E-state index contributed by atoms with van der Waals surface area (Å²) in [6, 6.07) is 2.00. The molecule has 0 atom stereocenters. The zero-order valence-corrected chi connectivity index (χ0v) is 11.0. The molecule has 0 aliphatic rings. The van der Waals surface area contributed by atoms with Gasteiger partial charge < -0.3 is 5.73 Å². The van der Waals surface area contributed by atoms with Crippen LogP contribution in [0.15, 0.2) is 15.0 Å². The number of nitrogens with two attached hydrogens (primary N) is 1. The van der Waals surface area contributed by atoms with Gasteiger partial charge in [0.2, 0.25) is 0 Å². The molecule has 2 rings (SSSR count). The van der Waals surface area contributed by atoms with Crippen LogP contribution in [0.3, 0.4) is 0 Å². The molecule has 0 unspecified atom stereocenters. The lowest BCUT2D eigenvalue weighted by Gasteiger charge is -2.01. The third-order valence-corrected chi connectivity index (χ3v) is 3.81. The van der Waals surface area contributed by atoms with Gasteiger partial charge in [0.25, 0.3) is 0 Å². The fraction of sp³-hybridized carbons (Fsp3) is 0.222. The van der Waals surface area contributed by atoms with Gasteiger partial charge in [-0.25, -0.2) is 0 Å². The summed E-state index contributed by atoms with van der Waals surface area (Å²) in [7, 11) is 1.92. The Morgan fingerprint density at radius 3 is 2.71 bits per heavy atom. The Bertz CT molecular complexity index is 516. The summed E-state index contributed by atoms with van der Waals surface area (Å²) in [6.07, 6.45) is 0. The van der Waals surface area contributed by atoms with E-state index in [-0.39, 0.29) is 0 Å². The summed E-state index contributed by atoms with van der Waals surface area (Å²) in [6.45, 7) is 2.03. The largest absolute Gasteiger partial charge is 0.397 e. The van der Waals surface area contributed by atoms with Crippen molar-refractivity contribution in [3.8, 4) is 0 Å². The van der Waals surface area contributed by atoms with Crippen molar-refractivity contribution >= 4 is 48.5 Å². The lowest BCUT2D eigenvalue weighted by atomic mass is 10.2. The molecule has 74 valence electrons. The molecule has 5 heteroatoms. The maximum atomic E-state index is 5.86. The van der Waals surface area contributed by atoms with E-state index >= 15 is 0 Å². The van der Waals surface area contributed by atoms with Gasteiger partial charge in [-0.05, 0) is 44.8 Å². The predicted octanol–water partition coefficient (Wildman–Crippen LogP) is 2.99. The highest BCUT2D eigenvalue weighted by atomic mass is 79.9. The Morgan fingerprint density at radius 2 is 2.07 bits per heavy atom. The van der Waals surface area contributed by atoms with Gasteiger partial charge >= 0.3 is 0 Å². The zero-order chi connectivity index (χ0) is 10.5. The fourth-order valence-corrected chi connectivity index (χ4v) is 2.60. The van der Waals surface area contributed by atoms with E-state index in [0.717, 1.165) is 25.5 Å². The van der Waals surface area contributed by atoms with E-state index in [1.165, 1.54) is 0 Å². The molecule has 2 N–H and O–H groups in total. The standard InChI is InChI=1S/C9H9Br2N3/c1-4-5-3-6(10)8(12)7(11)9(5)13-14(4)2/h3H,12H2,1-2H3. The predicted molar refractivity (Wildman–Crippen MR) is 65.3 cm³/mol. The van der Waals surface area contributed by atoms with Crippen LogP contribution in [0.2, 0.25) is 0 Å². The molecule has 0 fully saturated rings. The summed E-state index contributed by atoms with van der Waals surface area (Å²) < 4.78 is 3.60. The van der Waals surface area contributed by atoms with Crippen LogP contribution >= 0.6 is 31.9 Å². The van der Waals surface area contributed by atoms with Crippen LogP contribution in [0.5, 0.6) is 0 Å². The number of nitrogens with zero attached hydrogens (tertiary/aromatic N) is 2. The van der Waals surface area contributed by atoms with E-state index in [1.807, 2.05) is 24.7 Å². The van der Waals surface area contributed by atoms with E-state index in [2.05, 4.69) is 37.0 Å². The minimum atomic E-state index is 0.690. The van der Waals surface area contributed by atoms with Gasteiger partial charge in [-0.2, -0.15) is 5.10 Å². The van der Waals surface area contributed by atoms with Crippen molar-refractivity contribution in [1.29, 1.82) is 0 Å². The molecule has 0 amide bonds. The molecule has 0 aliphatic heterocycles. The molecule has 0 saturated carbocycles. The van der Waals surface area contributed by atoms with Gasteiger partial charge in [-0.1, -0.05) is 0 Å². The van der Waals surface area contributed by atoms with Crippen molar-refractivity contribution in [2.75, 3.05) is 5.73 Å². The van der Waals surface area contributed by atoms with E-state index in [4.69, 9.17) is 5.73 Å². The number of hydrogen-bond donors (Lipinski definition) is 1. The molecule has 0 saturated heterocycles. The molecule has 1 aromatic heterocycles. The first-order chi connectivity index (χ1) is 6.52. The number of halogens is 2. The van der Waals surface area contributed by atoms with Crippen LogP contribution in [-0.4, -0.2) is 9.78 Å². The van der Waals surface area contributed by atoms with E-state index < -0.39 is 0 Å². The molecule has 1 aromatic carbocycles. The van der Waals surface area contributed by atoms with Crippen LogP contribution in [0.1, 0.15) is 5.69 Å². The van der Waals surface area contributed by atoms with Crippen molar-refractivity contribution < 1.29 is 0 Å². The average Bonchev–Trinajstić information content (AvgIpc) is 2.42. The summed E-state index contributed by atoms with van der Waals surface area (Å²) in [5.41, 5.74) is 8.59. The molecular formula is C9H9Br2N3. The number of nitrogen functional groups attached to an aromatic ring is 1. The second-order valence-electron chi connectivity index (χ2n) is 3.19. The monoisotopic (exact) mass is 317 g/mol. The molecule has 0 bridgehead atoms. The number of fused-ring (bicyclic) bond motifs is 1. The van der Waals surface area contributed by atoms with Crippen molar-refractivity contribution in [3.63, 3.8) is 0 Å². The third-order valence-electron chi connectivity index (χ3n) is 2.35. The Hall–Kier alpha value is -0.550. The first kappa shape index (κ1) is 9.98. The van der Waals surface area contributed by atoms with Gasteiger partial charge in [0.1, 0.15) is 5.52 Å². The lowest BCUT2D eigenvalue weighted by molar-refractivity contribution is 0.750. The highest BCUT2D eigenvalue weighted by Crippen LogP contribution is 2.35. The quantitative estimate of drug-likeness (QED) is 0.759. The number of benzene rings is 1. The second kappa shape index (κ2) is 3.24. The number of rotatable bonds is 0. The number of aromatic nitrogens is 2. The van der Waals surface area contributed by atoms with Crippen molar-refractivity contribution in [3.05, 3.63) is 20.7 Å². The van der Waals surface area contributed by atoms with Crippen LogP contribution in [0.4, 0.5) is 5.69 Å². The Balaban J connectivity index is 2.98. The van der Waals surface area contributed by atoms with Gasteiger partial charge in [-0.3, -0.25) is 4.68 Å². The topological polar surface area (TPSA) is 43.8 Å². The van der Waals surface area contributed by atoms with Gasteiger partial charge in [-0.15, -0.1) is 0 Å². The molecule has 0 radical (unpaired) electrons. The van der Waals surface area contributed by atoms with Crippen LogP contribution in [0.25, 0.3) is 10.9 Å². The first-order valence-corrected chi connectivity index (χ1v) is 5.67. The maximum absolute atomic E-state index is 5.86. The lowest BCUT2D eigenvalue weighted by Crippen LogP contribution is -1.91. The molecule has 3 nitrogen and oxygen atoms in total. The van der Waals surface area contributed by atoms with E-state index in [1.54, 1.807) is 0 Å². The SMILES string of the molecule is Cc1c2cc(Br)c(N)c(Br)c2nn1C. The van der Waals surface area contributed by atoms with E-state index in [0.29, 0.717) is 5.69 Å². The zero-order valence-electron chi connectivity index (χ0n) is 7.81. The smallest absolute Gasteiger partial charge is 0.109 e. The number of aryl methyl sites for hydroxylation is 2. The molecule has 0 spiro atoms. The molecular weight excluding hydrogens is 310 g/mol. The van der Waals surface area contributed by atoms with Crippen molar-refractivity contribution in [1.82, 2.24) is 9.78 Å². The van der Waals surface area contributed by atoms with Gasteiger partial charge in [0.15, 0.2) is 0 Å². The molecule has 14 heavy (non-hydrogen) atoms. The normalized spacial score (nSPS) is 11.1. The third kappa shape index (κ3) is 1.26. The molecule has 2 aromatic rings. The molecule has 0 aliphatic carbocycles. The number of anilines is 1. The number of hydrogen-bond acceptors (Lipinski definition) is 2. The summed E-state index contributed by atoms with van der Waals surface area (Å²) >= 11 is 6.87. The van der Waals surface area contributed by atoms with Crippen LogP contribution < -0.4 is 5.73 Å². The minimum Gasteiger partial charge on any atom is -0.397 e. The maximum Gasteiger partial charge on any atom is 0.109 e. The molecule has 1 heterocycles. The second-order valence-corrected chi connectivity index (χ2v) is 4.84. The fourth-order valence-electron chi connectivity index (χ4n) is 1.40. The summed E-state index contributed by atoms with van der Waals surface area (Å²) in [5, 5.41) is 5.49. The van der Waals surface area contributed by atoms with Crippen molar-refractivity contribution in [2.45, 2.75) is 6.92 Å². The summed E-state index contributed by atoms with van der Waals surface area (Å²) in [4.78, 5) is 0. The van der Waals surface area contributed by atoms with Crippen LogP contribution in [0, 0.1) is 6.92 Å². The Morgan fingerprint density at radius 1 is 1.43 bits per heavy atom. The first-order valence-electron chi connectivity index (χ1n) is 4.09. The average molecular weight is 319 g/mol. The summed E-state index contributed by atoms with van der Waals surface area (Å²) in [5.74, 6) is 0. The minimum absolute atomic E-state index is 0.690.